The zero-order valence-electron chi connectivity index (χ0n) is 12.0. The highest BCUT2D eigenvalue weighted by Crippen LogP contribution is 2.33. The molecule has 0 saturated carbocycles. The quantitative estimate of drug-likeness (QED) is 0.805. The molecule has 22 heavy (non-hydrogen) atoms. The van der Waals surface area contributed by atoms with E-state index in [4.69, 9.17) is 4.74 Å². The summed E-state index contributed by atoms with van der Waals surface area (Å²) in [5.41, 5.74) is 1.09. The molecule has 8 heteroatoms. The summed E-state index contributed by atoms with van der Waals surface area (Å²) >= 11 is 0. The van der Waals surface area contributed by atoms with Crippen LogP contribution in [0, 0.1) is 5.82 Å². The molecule has 0 fully saturated rings. The number of carbonyl (C=O) groups is 1. The Kier molecular flexibility index (Phi) is 3.50. The van der Waals surface area contributed by atoms with Crippen molar-refractivity contribution in [3.8, 4) is 5.75 Å². The number of benzene rings is 1. The van der Waals surface area contributed by atoms with Gasteiger partial charge in [0.2, 0.25) is 5.95 Å². The lowest BCUT2D eigenvalue weighted by Crippen LogP contribution is -2.34. The molecule has 1 atom stereocenters. The van der Waals surface area contributed by atoms with E-state index in [2.05, 4.69) is 25.9 Å². The third-order valence-corrected chi connectivity index (χ3v) is 3.14. The maximum absolute atomic E-state index is 13.7. The van der Waals surface area contributed by atoms with E-state index >= 15 is 0 Å². The van der Waals surface area contributed by atoms with Gasteiger partial charge in [0.1, 0.15) is 5.75 Å². The van der Waals surface area contributed by atoms with E-state index in [1.165, 1.54) is 0 Å². The van der Waals surface area contributed by atoms with Crippen molar-refractivity contribution in [2.45, 2.75) is 13.0 Å². The predicted octanol–water partition coefficient (Wildman–Crippen LogP) is 2.12. The molecular formula is C14H14FN5O2. The monoisotopic (exact) mass is 303 g/mol. The van der Waals surface area contributed by atoms with Crippen LogP contribution in [-0.4, -0.2) is 29.0 Å². The van der Waals surface area contributed by atoms with Gasteiger partial charge in [-0.2, -0.15) is 4.98 Å². The molecule has 2 aromatic rings. The highest BCUT2D eigenvalue weighted by molar-refractivity contribution is 5.98. The summed E-state index contributed by atoms with van der Waals surface area (Å²) in [6.45, 7) is 1.67. The Balaban J connectivity index is 1.88. The summed E-state index contributed by atoms with van der Waals surface area (Å²) in [4.78, 5) is 19.4. The van der Waals surface area contributed by atoms with E-state index in [0.29, 0.717) is 23.1 Å². The van der Waals surface area contributed by atoms with Gasteiger partial charge in [-0.25, -0.2) is 9.37 Å². The minimum Gasteiger partial charge on any atom is -0.479 e. The number of amides is 1. The van der Waals surface area contributed by atoms with E-state index in [-0.39, 0.29) is 11.7 Å². The second kappa shape index (κ2) is 5.47. The highest BCUT2D eigenvalue weighted by Gasteiger charge is 2.23. The fourth-order valence-corrected chi connectivity index (χ4v) is 2.00. The summed E-state index contributed by atoms with van der Waals surface area (Å²) in [6, 6.07) is 5.06. The maximum atomic E-state index is 13.7. The normalized spacial score (nSPS) is 16.3. The third kappa shape index (κ3) is 2.62. The second-order valence-corrected chi connectivity index (χ2v) is 4.73. The molecule has 1 aromatic carbocycles. The maximum Gasteiger partial charge on any atom is 0.265 e. The molecule has 1 unspecified atom stereocenters. The average molecular weight is 303 g/mol. The molecule has 3 rings (SSSR count). The van der Waals surface area contributed by atoms with Gasteiger partial charge in [-0.05, 0) is 25.1 Å². The van der Waals surface area contributed by atoms with Crippen LogP contribution in [0.1, 0.15) is 6.92 Å². The molecule has 114 valence electrons. The molecule has 1 amide bonds. The molecule has 1 aliphatic rings. The van der Waals surface area contributed by atoms with E-state index < -0.39 is 11.9 Å². The lowest BCUT2D eigenvalue weighted by molar-refractivity contribution is -0.122. The van der Waals surface area contributed by atoms with Crippen molar-refractivity contribution in [3.63, 3.8) is 0 Å². The van der Waals surface area contributed by atoms with Crippen molar-refractivity contribution in [2.75, 3.05) is 23.0 Å². The fourth-order valence-electron chi connectivity index (χ4n) is 2.00. The van der Waals surface area contributed by atoms with Gasteiger partial charge < -0.3 is 20.7 Å². The Hall–Kier alpha value is -2.90. The first-order valence-corrected chi connectivity index (χ1v) is 6.65. The topological polar surface area (TPSA) is 88.2 Å². The minimum atomic E-state index is -0.578. The van der Waals surface area contributed by atoms with Gasteiger partial charge in [-0.3, -0.25) is 4.79 Å². The van der Waals surface area contributed by atoms with Gasteiger partial charge in [-0.1, -0.05) is 0 Å². The lowest BCUT2D eigenvalue weighted by Gasteiger charge is -2.23. The summed E-state index contributed by atoms with van der Waals surface area (Å²) in [5, 5.41) is 8.32. The van der Waals surface area contributed by atoms with E-state index in [1.54, 1.807) is 32.2 Å². The summed E-state index contributed by atoms with van der Waals surface area (Å²) < 4.78 is 19.2. The summed E-state index contributed by atoms with van der Waals surface area (Å²) in [7, 11) is 1.64. The summed E-state index contributed by atoms with van der Waals surface area (Å²) in [5.74, 6) is 0.0979. The molecule has 2 heterocycles. The average Bonchev–Trinajstić information content (AvgIpc) is 2.51. The Morgan fingerprint density at radius 1 is 1.41 bits per heavy atom. The van der Waals surface area contributed by atoms with Gasteiger partial charge in [0.15, 0.2) is 17.7 Å². The molecule has 0 bridgehead atoms. The molecule has 0 spiro atoms. The van der Waals surface area contributed by atoms with Crippen LogP contribution in [0.2, 0.25) is 0 Å². The van der Waals surface area contributed by atoms with Gasteiger partial charge in [-0.15, -0.1) is 0 Å². The first kappa shape index (κ1) is 14.1. The molecular weight excluding hydrogens is 289 g/mol. The number of carbonyl (C=O) groups excluding carboxylic acids is 1. The number of fused-ring (bicyclic) bond motifs is 1. The van der Waals surface area contributed by atoms with Crippen LogP contribution < -0.4 is 20.7 Å². The number of nitrogens with one attached hydrogen (secondary N) is 3. The Morgan fingerprint density at radius 3 is 3.00 bits per heavy atom. The van der Waals surface area contributed by atoms with E-state index in [9.17, 15) is 9.18 Å². The zero-order chi connectivity index (χ0) is 15.7. The number of aromatic nitrogens is 2. The smallest absolute Gasteiger partial charge is 0.265 e. The van der Waals surface area contributed by atoms with Gasteiger partial charge in [0.25, 0.3) is 5.91 Å². The van der Waals surface area contributed by atoms with Gasteiger partial charge in [0, 0.05) is 12.7 Å². The molecule has 7 nitrogen and oxygen atoms in total. The first-order valence-electron chi connectivity index (χ1n) is 6.65. The minimum absolute atomic E-state index is 0.0377. The number of hydrogen-bond donors (Lipinski definition) is 3. The van der Waals surface area contributed by atoms with Crippen LogP contribution in [0.5, 0.6) is 5.75 Å². The van der Waals surface area contributed by atoms with Gasteiger partial charge in [0.05, 0.1) is 11.9 Å². The first-order chi connectivity index (χ1) is 10.6. The molecule has 0 radical (unpaired) electrons. The van der Waals surface area contributed by atoms with Crippen molar-refractivity contribution in [3.05, 3.63) is 30.2 Å². The zero-order valence-corrected chi connectivity index (χ0v) is 12.0. The predicted molar refractivity (Wildman–Crippen MR) is 80.0 cm³/mol. The number of ether oxygens (including phenoxy) is 1. The van der Waals surface area contributed by atoms with Crippen LogP contribution in [0.25, 0.3) is 0 Å². The lowest BCUT2D eigenvalue weighted by atomic mass is 10.2. The largest absolute Gasteiger partial charge is 0.479 e. The number of nitrogens with zero attached hydrogens (tertiary/aromatic N) is 2. The Morgan fingerprint density at radius 2 is 2.23 bits per heavy atom. The van der Waals surface area contributed by atoms with Crippen LogP contribution in [0.4, 0.5) is 27.5 Å². The molecule has 3 N–H and O–H groups in total. The van der Waals surface area contributed by atoms with Crippen molar-refractivity contribution in [1.29, 1.82) is 0 Å². The SMILES string of the molecule is CNc1ncc(F)c(Nc2ccc3c(c2)NC(=O)C(C)O3)n1. The number of anilines is 4. The van der Waals surface area contributed by atoms with Crippen LogP contribution in [-0.2, 0) is 4.79 Å². The highest BCUT2D eigenvalue weighted by atomic mass is 19.1. The van der Waals surface area contributed by atoms with Crippen molar-refractivity contribution in [1.82, 2.24) is 9.97 Å². The number of halogens is 1. The van der Waals surface area contributed by atoms with E-state index in [0.717, 1.165) is 6.20 Å². The number of rotatable bonds is 3. The van der Waals surface area contributed by atoms with Crippen molar-refractivity contribution >= 4 is 29.0 Å². The molecule has 0 saturated heterocycles. The van der Waals surface area contributed by atoms with Crippen molar-refractivity contribution < 1.29 is 13.9 Å². The van der Waals surface area contributed by atoms with Crippen LogP contribution >= 0.6 is 0 Å². The van der Waals surface area contributed by atoms with E-state index in [1.807, 2.05) is 0 Å². The van der Waals surface area contributed by atoms with Gasteiger partial charge >= 0.3 is 0 Å². The molecule has 1 aliphatic heterocycles. The number of hydrogen-bond acceptors (Lipinski definition) is 6. The molecule has 0 aliphatic carbocycles. The van der Waals surface area contributed by atoms with Crippen LogP contribution in [0.15, 0.2) is 24.4 Å². The second-order valence-electron chi connectivity index (χ2n) is 4.73. The Bertz CT molecular complexity index is 737. The van der Waals surface area contributed by atoms with Crippen LogP contribution in [0.3, 0.4) is 0 Å². The standard InChI is InChI=1S/C14H14FN5O2/c1-7-13(21)19-10-5-8(3-4-11(10)22-7)18-12-9(15)6-17-14(16-2)20-12/h3-7H,1-2H3,(H,19,21)(H2,16,17,18,20). The Labute approximate surface area is 125 Å². The third-order valence-electron chi connectivity index (χ3n) is 3.14. The molecule has 1 aromatic heterocycles. The summed E-state index contributed by atoms with van der Waals surface area (Å²) in [6.07, 6.45) is 0.537. The van der Waals surface area contributed by atoms with Crippen molar-refractivity contribution in [2.24, 2.45) is 0 Å². The fraction of sp³-hybridized carbons (Fsp3) is 0.214.